The Morgan fingerprint density at radius 3 is 2.50 bits per heavy atom. The number of likely N-dealkylation sites (tertiary alicyclic amines) is 1. The van der Waals surface area contributed by atoms with E-state index < -0.39 is 11.7 Å². The van der Waals surface area contributed by atoms with Crippen molar-refractivity contribution in [3.8, 4) is 5.75 Å². The Bertz CT molecular complexity index is 1280. The van der Waals surface area contributed by atoms with Gasteiger partial charge in [-0.05, 0) is 66.7 Å². The zero-order valence-corrected chi connectivity index (χ0v) is 20.2. The van der Waals surface area contributed by atoms with Crippen LogP contribution in [0.1, 0.15) is 17.0 Å². The molecule has 2 amide bonds. The number of methoxy groups -OCH3 is 1. The third-order valence-electron chi connectivity index (χ3n) is 6.27. The molecule has 2 unspecified atom stereocenters. The first-order valence-corrected chi connectivity index (χ1v) is 11.6. The summed E-state index contributed by atoms with van der Waals surface area (Å²) in [6.07, 6.45) is 2.87. The quantitative estimate of drug-likeness (QED) is 0.339. The van der Waals surface area contributed by atoms with Gasteiger partial charge < -0.3 is 26.0 Å². The number of nitrogen functional groups attached to an aromatic ring is 1. The molecular weight excluding hydrogens is 459 g/mol. The van der Waals surface area contributed by atoms with Crippen LogP contribution in [-0.2, 0) is 9.59 Å². The number of anilines is 3. The molecule has 0 saturated carbocycles. The zero-order valence-electron chi connectivity index (χ0n) is 20.2. The molecule has 1 fully saturated rings. The highest BCUT2D eigenvalue weighted by molar-refractivity contribution is 6.03. The molecule has 3 aromatic rings. The molecule has 4 rings (SSSR count). The Morgan fingerprint density at radius 2 is 1.81 bits per heavy atom. The van der Waals surface area contributed by atoms with Gasteiger partial charge in [0.15, 0.2) is 0 Å². The molecule has 1 saturated heterocycles. The predicted molar refractivity (Wildman–Crippen MR) is 140 cm³/mol. The van der Waals surface area contributed by atoms with E-state index in [1.54, 1.807) is 67.8 Å². The fourth-order valence-electron chi connectivity index (χ4n) is 4.40. The minimum Gasteiger partial charge on any atom is -0.497 e. The topological polar surface area (TPSA) is 96.7 Å². The number of para-hydroxylation sites is 2. The van der Waals surface area contributed by atoms with Crippen LogP contribution in [0.4, 0.5) is 21.5 Å². The Kier molecular flexibility index (Phi) is 7.65. The van der Waals surface area contributed by atoms with Crippen molar-refractivity contribution in [1.29, 1.82) is 0 Å². The van der Waals surface area contributed by atoms with Gasteiger partial charge >= 0.3 is 0 Å². The first-order chi connectivity index (χ1) is 17.3. The number of rotatable bonds is 7. The maximum absolute atomic E-state index is 15.2. The van der Waals surface area contributed by atoms with Crippen molar-refractivity contribution in [2.24, 2.45) is 5.92 Å². The number of hydrogen-bond donors (Lipinski definition) is 3. The van der Waals surface area contributed by atoms with Gasteiger partial charge in [0.25, 0.3) is 0 Å². The number of hydrogen-bond acceptors (Lipinski definition) is 5. The zero-order chi connectivity index (χ0) is 25.7. The van der Waals surface area contributed by atoms with Gasteiger partial charge in [0, 0.05) is 30.8 Å². The van der Waals surface area contributed by atoms with Gasteiger partial charge in [0.2, 0.25) is 11.8 Å². The molecular formula is C28H29FN4O3. The molecule has 2 atom stereocenters. The summed E-state index contributed by atoms with van der Waals surface area (Å²) in [4.78, 5) is 27.3. The molecule has 3 aromatic carbocycles. The number of carbonyl (C=O) groups excluding carboxylic acids is 2. The van der Waals surface area contributed by atoms with Gasteiger partial charge in [-0.2, -0.15) is 0 Å². The molecule has 0 bridgehead atoms. The molecule has 186 valence electrons. The van der Waals surface area contributed by atoms with Crippen molar-refractivity contribution in [2.75, 3.05) is 43.6 Å². The summed E-state index contributed by atoms with van der Waals surface area (Å²) in [5.41, 5.74) is 8.49. The molecule has 1 aliphatic rings. The number of amides is 2. The lowest BCUT2D eigenvalue weighted by Crippen LogP contribution is -2.28. The third kappa shape index (κ3) is 5.90. The third-order valence-corrected chi connectivity index (χ3v) is 6.27. The van der Waals surface area contributed by atoms with Crippen molar-refractivity contribution in [3.63, 3.8) is 0 Å². The molecule has 0 spiro atoms. The molecule has 4 N–H and O–H groups in total. The largest absolute Gasteiger partial charge is 0.497 e. The summed E-state index contributed by atoms with van der Waals surface area (Å²) in [6, 6.07) is 18.9. The number of nitrogens with zero attached hydrogens (tertiary/aromatic N) is 1. The fraction of sp³-hybridized carbons (Fsp3) is 0.214. The minimum atomic E-state index is -0.410. The lowest BCUT2D eigenvalue weighted by Gasteiger charge is -2.19. The predicted octanol–water partition coefficient (Wildman–Crippen LogP) is 4.35. The van der Waals surface area contributed by atoms with Gasteiger partial charge in [0.1, 0.15) is 11.6 Å². The second kappa shape index (κ2) is 11.0. The van der Waals surface area contributed by atoms with E-state index in [1.165, 1.54) is 18.2 Å². The monoisotopic (exact) mass is 488 g/mol. The van der Waals surface area contributed by atoms with Crippen LogP contribution >= 0.6 is 0 Å². The number of ether oxygens (including phenoxy) is 1. The molecule has 36 heavy (non-hydrogen) atoms. The van der Waals surface area contributed by atoms with Crippen LogP contribution in [0.15, 0.2) is 72.8 Å². The highest BCUT2D eigenvalue weighted by atomic mass is 19.1. The van der Waals surface area contributed by atoms with E-state index in [-0.39, 0.29) is 17.7 Å². The van der Waals surface area contributed by atoms with Crippen LogP contribution in [0.5, 0.6) is 5.75 Å². The van der Waals surface area contributed by atoms with Crippen molar-refractivity contribution < 1.29 is 18.7 Å². The van der Waals surface area contributed by atoms with Crippen LogP contribution in [0.2, 0.25) is 0 Å². The van der Waals surface area contributed by atoms with Crippen LogP contribution in [0, 0.1) is 11.7 Å². The fourth-order valence-corrected chi connectivity index (χ4v) is 4.40. The molecule has 0 aromatic heterocycles. The molecule has 7 nitrogen and oxygen atoms in total. The molecule has 1 heterocycles. The van der Waals surface area contributed by atoms with Crippen LogP contribution < -0.4 is 21.1 Å². The number of carbonyl (C=O) groups is 2. The van der Waals surface area contributed by atoms with E-state index in [1.807, 2.05) is 11.9 Å². The Labute approximate surface area is 209 Å². The van der Waals surface area contributed by atoms with Crippen LogP contribution in [0.3, 0.4) is 0 Å². The van der Waals surface area contributed by atoms with E-state index in [2.05, 4.69) is 10.6 Å². The van der Waals surface area contributed by atoms with E-state index in [9.17, 15) is 9.59 Å². The van der Waals surface area contributed by atoms with Crippen molar-refractivity contribution in [1.82, 2.24) is 4.90 Å². The van der Waals surface area contributed by atoms with Crippen LogP contribution in [-0.4, -0.2) is 44.0 Å². The number of benzene rings is 3. The molecule has 0 radical (unpaired) electrons. The number of nitrogens with two attached hydrogens (primary N) is 1. The minimum absolute atomic E-state index is 0.158. The molecule has 1 aliphatic heterocycles. The first-order valence-electron chi connectivity index (χ1n) is 11.6. The van der Waals surface area contributed by atoms with Gasteiger partial charge in [-0.3, -0.25) is 9.59 Å². The summed E-state index contributed by atoms with van der Waals surface area (Å²) < 4.78 is 20.3. The standard InChI is InChI=1S/C28H29FN4O3/c1-33-16-22(23(17-33)28(35)31-19-9-11-20(36-2)12-10-19)21-13-7-18(15-24(21)29)8-14-27(34)32-26-6-4-3-5-25(26)30/h3-15,22-23H,16-17,30H2,1-2H3,(H,31,35)(H,32,34). The second-order valence-electron chi connectivity index (χ2n) is 8.84. The lowest BCUT2D eigenvalue weighted by atomic mass is 9.87. The van der Waals surface area contributed by atoms with Crippen molar-refractivity contribution in [2.45, 2.75) is 5.92 Å². The highest BCUT2D eigenvalue weighted by Crippen LogP contribution is 2.35. The number of nitrogens with one attached hydrogen (secondary N) is 2. The van der Waals surface area contributed by atoms with E-state index in [4.69, 9.17) is 10.5 Å². The summed E-state index contributed by atoms with van der Waals surface area (Å²) in [6.45, 7) is 1.09. The maximum atomic E-state index is 15.2. The summed E-state index contributed by atoms with van der Waals surface area (Å²) in [5, 5.41) is 5.63. The van der Waals surface area contributed by atoms with Crippen molar-refractivity contribution >= 4 is 35.0 Å². The summed E-state index contributed by atoms with van der Waals surface area (Å²) in [5.74, 6) is -0.942. The van der Waals surface area contributed by atoms with Gasteiger partial charge in [-0.25, -0.2) is 4.39 Å². The first kappa shape index (κ1) is 24.9. The Morgan fingerprint density at radius 1 is 1.06 bits per heavy atom. The van der Waals surface area contributed by atoms with Crippen LogP contribution in [0.25, 0.3) is 6.08 Å². The second-order valence-corrected chi connectivity index (χ2v) is 8.84. The van der Waals surface area contributed by atoms with Gasteiger partial charge in [-0.15, -0.1) is 0 Å². The molecule has 0 aliphatic carbocycles. The highest BCUT2D eigenvalue weighted by Gasteiger charge is 2.38. The number of halogens is 1. The average Bonchev–Trinajstić information content (AvgIpc) is 3.26. The lowest BCUT2D eigenvalue weighted by molar-refractivity contribution is -0.119. The maximum Gasteiger partial charge on any atom is 0.248 e. The van der Waals surface area contributed by atoms with E-state index in [0.29, 0.717) is 47.0 Å². The Balaban J connectivity index is 1.45. The molecule has 8 heteroatoms. The SMILES string of the molecule is COc1ccc(NC(=O)C2CN(C)CC2c2ccc(C=CC(=O)Nc3ccccc3N)cc2F)cc1. The average molecular weight is 489 g/mol. The Hall–Kier alpha value is -4.17. The van der Waals surface area contributed by atoms with E-state index in [0.717, 1.165) is 0 Å². The van der Waals surface area contributed by atoms with Gasteiger partial charge in [0.05, 0.1) is 24.4 Å². The summed E-state index contributed by atoms with van der Waals surface area (Å²) in [7, 11) is 3.50. The van der Waals surface area contributed by atoms with Gasteiger partial charge in [-0.1, -0.05) is 24.3 Å². The normalized spacial score (nSPS) is 17.8. The van der Waals surface area contributed by atoms with E-state index >= 15 is 4.39 Å². The van der Waals surface area contributed by atoms with Crippen molar-refractivity contribution in [3.05, 3.63) is 89.8 Å². The smallest absolute Gasteiger partial charge is 0.248 e. The number of likely N-dealkylation sites (N-methyl/N-ethyl adjacent to an activating group) is 1. The summed E-state index contributed by atoms with van der Waals surface area (Å²) >= 11 is 0.